The van der Waals surface area contributed by atoms with Crippen molar-refractivity contribution in [2.45, 2.75) is 6.92 Å². The lowest BCUT2D eigenvalue weighted by Gasteiger charge is -2.09. The molecule has 0 radical (unpaired) electrons. The fourth-order valence-electron chi connectivity index (χ4n) is 2.59. The number of ketones is 1. The van der Waals surface area contributed by atoms with E-state index in [1.165, 1.54) is 6.92 Å². The van der Waals surface area contributed by atoms with Crippen molar-refractivity contribution in [3.8, 4) is 5.75 Å². The van der Waals surface area contributed by atoms with Gasteiger partial charge in [0, 0.05) is 16.7 Å². The van der Waals surface area contributed by atoms with Crippen molar-refractivity contribution >= 4 is 17.4 Å². The third-order valence-electron chi connectivity index (χ3n) is 4.00. The summed E-state index contributed by atoms with van der Waals surface area (Å²) in [7, 11) is 0. The van der Waals surface area contributed by atoms with E-state index in [0.29, 0.717) is 17.0 Å². The highest BCUT2D eigenvalue weighted by molar-refractivity contribution is 6.13. The second-order valence-electron chi connectivity index (χ2n) is 6.10. The predicted octanol–water partition coefficient (Wildman–Crippen LogP) is 3.84. The smallest absolute Gasteiger partial charge is 0.277 e. The maximum atomic E-state index is 12.2. The van der Waals surface area contributed by atoms with Crippen molar-refractivity contribution in [2.24, 2.45) is 5.10 Å². The molecule has 0 aliphatic rings. The molecular formula is C23H20N2O3. The highest BCUT2D eigenvalue weighted by Gasteiger charge is 2.09. The Morgan fingerprint density at radius 3 is 1.96 bits per heavy atom. The van der Waals surface area contributed by atoms with Crippen molar-refractivity contribution in [3.05, 3.63) is 102 Å². The summed E-state index contributed by atoms with van der Waals surface area (Å²) in [5.41, 5.74) is 5.52. The van der Waals surface area contributed by atoms with Crippen molar-refractivity contribution in [2.75, 3.05) is 6.61 Å². The Kier molecular flexibility index (Phi) is 6.31. The number of nitrogens with zero attached hydrogens (tertiary/aromatic N) is 1. The van der Waals surface area contributed by atoms with E-state index >= 15 is 0 Å². The molecule has 0 heterocycles. The van der Waals surface area contributed by atoms with Crippen molar-refractivity contribution in [3.63, 3.8) is 0 Å². The molecule has 0 unspecified atom stereocenters. The summed E-state index contributed by atoms with van der Waals surface area (Å²) >= 11 is 0. The minimum absolute atomic E-state index is 0.0603. The Labute approximate surface area is 163 Å². The van der Waals surface area contributed by atoms with Crippen LogP contribution in [-0.4, -0.2) is 24.0 Å². The molecule has 0 aliphatic carbocycles. The van der Waals surface area contributed by atoms with Crippen molar-refractivity contribution in [1.82, 2.24) is 5.43 Å². The summed E-state index contributed by atoms with van der Waals surface area (Å²) in [4.78, 5) is 23.6. The van der Waals surface area contributed by atoms with Crippen LogP contribution in [-0.2, 0) is 4.79 Å². The van der Waals surface area contributed by atoms with Gasteiger partial charge in [-0.05, 0) is 19.1 Å². The van der Waals surface area contributed by atoms with Gasteiger partial charge in [-0.2, -0.15) is 5.10 Å². The Morgan fingerprint density at radius 1 is 0.821 bits per heavy atom. The van der Waals surface area contributed by atoms with Crippen LogP contribution in [0.15, 0.2) is 90.0 Å². The molecule has 0 spiro atoms. The van der Waals surface area contributed by atoms with Gasteiger partial charge >= 0.3 is 0 Å². The minimum atomic E-state index is -0.391. The van der Waals surface area contributed by atoms with Gasteiger partial charge in [-0.15, -0.1) is 0 Å². The van der Waals surface area contributed by atoms with E-state index in [4.69, 9.17) is 4.74 Å². The minimum Gasteiger partial charge on any atom is -0.484 e. The quantitative estimate of drug-likeness (QED) is 0.389. The zero-order valence-corrected chi connectivity index (χ0v) is 15.5. The van der Waals surface area contributed by atoms with Crippen LogP contribution in [0.1, 0.15) is 28.4 Å². The molecular weight excluding hydrogens is 352 g/mol. The van der Waals surface area contributed by atoms with Crippen LogP contribution in [0.3, 0.4) is 0 Å². The van der Waals surface area contributed by atoms with Gasteiger partial charge in [0.1, 0.15) is 5.75 Å². The number of hydrazone groups is 1. The van der Waals surface area contributed by atoms with E-state index in [2.05, 4.69) is 10.5 Å². The fourth-order valence-corrected chi connectivity index (χ4v) is 2.59. The summed E-state index contributed by atoms with van der Waals surface area (Å²) in [6, 6.07) is 26.0. The van der Waals surface area contributed by atoms with Gasteiger partial charge in [0.2, 0.25) is 0 Å². The Balaban J connectivity index is 1.70. The average molecular weight is 372 g/mol. The summed E-state index contributed by atoms with van der Waals surface area (Å²) in [6.45, 7) is 1.27. The molecule has 0 aliphatic heterocycles. The molecule has 3 rings (SSSR count). The lowest BCUT2D eigenvalue weighted by atomic mass is 10.0. The van der Waals surface area contributed by atoms with Crippen LogP contribution in [0.25, 0.3) is 0 Å². The van der Waals surface area contributed by atoms with Crippen LogP contribution in [0.5, 0.6) is 5.75 Å². The third kappa shape index (κ3) is 5.14. The zero-order chi connectivity index (χ0) is 19.8. The van der Waals surface area contributed by atoms with E-state index in [-0.39, 0.29) is 12.4 Å². The molecule has 0 fully saturated rings. The number of ether oxygens (including phenoxy) is 1. The van der Waals surface area contributed by atoms with Crippen molar-refractivity contribution in [1.29, 1.82) is 0 Å². The first-order chi connectivity index (χ1) is 13.6. The standard InChI is InChI=1S/C23H20N2O3/c1-17(26)20-13-8-14-21(15-20)28-16-22(27)24-25-23(18-9-4-2-5-10-18)19-11-6-3-7-12-19/h2-15H,16H2,1H3,(H,24,27). The Bertz CT molecular complexity index is 941. The molecule has 3 aromatic carbocycles. The van der Waals surface area contributed by atoms with Gasteiger partial charge in [-0.25, -0.2) is 5.43 Å². The lowest BCUT2D eigenvalue weighted by molar-refractivity contribution is -0.123. The van der Waals surface area contributed by atoms with E-state index in [1.54, 1.807) is 24.3 Å². The van der Waals surface area contributed by atoms with Gasteiger partial charge in [0.05, 0.1) is 5.71 Å². The van der Waals surface area contributed by atoms with E-state index in [9.17, 15) is 9.59 Å². The summed E-state index contributed by atoms with van der Waals surface area (Å²) in [5.74, 6) is 0.00521. The predicted molar refractivity (Wildman–Crippen MR) is 109 cm³/mol. The van der Waals surface area contributed by atoms with Gasteiger partial charge in [-0.3, -0.25) is 9.59 Å². The molecule has 28 heavy (non-hydrogen) atoms. The molecule has 0 atom stereocenters. The Hall–Kier alpha value is -3.73. The van der Waals surface area contributed by atoms with Gasteiger partial charge in [0.25, 0.3) is 5.91 Å². The maximum absolute atomic E-state index is 12.2. The number of hydrogen-bond donors (Lipinski definition) is 1. The third-order valence-corrected chi connectivity index (χ3v) is 4.00. The molecule has 0 saturated heterocycles. The number of rotatable bonds is 7. The van der Waals surface area contributed by atoms with E-state index in [0.717, 1.165) is 11.1 Å². The number of Topliss-reactive ketones (excluding diaryl/α,β-unsaturated/α-hetero) is 1. The van der Waals surface area contributed by atoms with Crippen LogP contribution >= 0.6 is 0 Å². The van der Waals surface area contributed by atoms with E-state index in [1.807, 2.05) is 60.7 Å². The first-order valence-corrected chi connectivity index (χ1v) is 8.84. The first-order valence-electron chi connectivity index (χ1n) is 8.84. The molecule has 1 amide bonds. The zero-order valence-electron chi connectivity index (χ0n) is 15.5. The molecule has 3 aromatic rings. The highest BCUT2D eigenvalue weighted by Crippen LogP contribution is 2.14. The van der Waals surface area contributed by atoms with Gasteiger partial charge in [-0.1, -0.05) is 72.8 Å². The SMILES string of the molecule is CC(=O)c1cccc(OCC(=O)NN=C(c2ccccc2)c2ccccc2)c1. The highest BCUT2D eigenvalue weighted by atomic mass is 16.5. The molecule has 0 saturated carbocycles. The average Bonchev–Trinajstić information content (AvgIpc) is 2.74. The van der Waals surface area contributed by atoms with E-state index < -0.39 is 5.91 Å². The largest absolute Gasteiger partial charge is 0.484 e. The van der Waals surface area contributed by atoms with Crippen LogP contribution in [0.2, 0.25) is 0 Å². The normalized spacial score (nSPS) is 10.0. The second-order valence-corrected chi connectivity index (χ2v) is 6.10. The molecule has 140 valence electrons. The maximum Gasteiger partial charge on any atom is 0.277 e. The second kappa shape index (κ2) is 9.28. The number of hydrogen-bond acceptors (Lipinski definition) is 4. The number of carbonyl (C=O) groups is 2. The summed E-state index contributed by atoms with van der Waals surface area (Å²) < 4.78 is 5.47. The number of nitrogens with one attached hydrogen (secondary N) is 1. The molecule has 5 nitrogen and oxygen atoms in total. The molecule has 1 N–H and O–H groups in total. The van der Waals surface area contributed by atoms with Crippen LogP contribution < -0.4 is 10.2 Å². The topological polar surface area (TPSA) is 67.8 Å². The van der Waals surface area contributed by atoms with Crippen LogP contribution in [0.4, 0.5) is 0 Å². The first kappa shape index (κ1) is 19.0. The Morgan fingerprint density at radius 2 is 1.39 bits per heavy atom. The monoisotopic (exact) mass is 372 g/mol. The molecule has 0 bridgehead atoms. The van der Waals surface area contributed by atoms with Gasteiger partial charge in [0.15, 0.2) is 12.4 Å². The summed E-state index contributed by atoms with van der Waals surface area (Å²) in [5, 5.41) is 4.31. The number of carbonyl (C=O) groups excluding carboxylic acids is 2. The molecule has 0 aromatic heterocycles. The van der Waals surface area contributed by atoms with Crippen molar-refractivity contribution < 1.29 is 14.3 Å². The van der Waals surface area contributed by atoms with Gasteiger partial charge < -0.3 is 4.74 Å². The number of benzene rings is 3. The lowest BCUT2D eigenvalue weighted by Crippen LogP contribution is -2.26. The molecule has 5 heteroatoms. The van der Waals surface area contributed by atoms with Crippen LogP contribution in [0, 0.1) is 0 Å². The number of amides is 1. The summed E-state index contributed by atoms with van der Waals surface area (Å²) in [6.07, 6.45) is 0. The fraction of sp³-hybridized carbons (Fsp3) is 0.0870.